The summed E-state index contributed by atoms with van der Waals surface area (Å²) in [6.07, 6.45) is -0.136. The minimum absolute atomic E-state index is 0.0581. The van der Waals surface area contributed by atoms with E-state index in [9.17, 15) is 13.2 Å². The first kappa shape index (κ1) is 23.4. The van der Waals surface area contributed by atoms with E-state index >= 15 is 0 Å². The van der Waals surface area contributed by atoms with Crippen molar-refractivity contribution in [2.24, 2.45) is 0 Å². The highest BCUT2D eigenvalue weighted by Gasteiger charge is 2.30. The van der Waals surface area contributed by atoms with Gasteiger partial charge in [-0.05, 0) is 54.4 Å². The highest BCUT2D eigenvalue weighted by atomic mass is 35.5. The number of sulfonamides is 1. The fourth-order valence-electron chi connectivity index (χ4n) is 3.64. The topological polar surface area (TPSA) is 75.7 Å². The lowest BCUT2D eigenvalue weighted by Gasteiger charge is -2.23. The van der Waals surface area contributed by atoms with Gasteiger partial charge in [0.05, 0.1) is 4.90 Å². The van der Waals surface area contributed by atoms with Crippen molar-refractivity contribution in [2.45, 2.75) is 37.4 Å². The zero-order valence-corrected chi connectivity index (χ0v) is 20.1. The van der Waals surface area contributed by atoms with Gasteiger partial charge in [0.1, 0.15) is 5.75 Å². The molecule has 1 aliphatic heterocycles. The highest BCUT2D eigenvalue weighted by molar-refractivity contribution is 7.92. The van der Waals surface area contributed by atoms with Gasteiger partial charge in [-0.15, -0.1) is 0 Å². The van der Waals surface area contributed by atoms with Gasteiger partial charge in [0.15, 0.2) is 6.10 Å². The normalized spacial score (nSPS) is 16.0. The van der Waals surface area contributed by atoms with Crippen LogP contribution in [0.4, 0.5) is 5.69 Å². The van der Waals surface area contributed by atoms with E-state index in [-0.39, 0.29) is 17.3 Å². The summed E-state index contributed by atoms with van der Waals surface area (Å²) in [6, 6.07) is 18.4. The summed E-state index contributed by atoms with van der Waals surface area (Å²) in [5.74, 6) is 0.400. The van der Waals surface area contributed by atoms with Crippen molar-refractivity contribution in [1.82, 2.24) is 4.90 Å². The zero-order chi connectivity index (χ0) is 23.6. The molecule has 1 atom stereocenters. The van der Waals surface area contributed by atoms with Crippen molar-refractivity contribution < 1.29 is 17.9 Å². The first-order valence-corrected chi connectivity index (χ1v) is 12.6. The average Bonchev–Trinajstić information content (AvgIpc) is 2.91. The Labute approximate surface area is 203 Å². The summed E-state index contributed by atoms with van der Waals surface area (Å²) < 4.78 is 34.2. The van der Waals surface area contributed by atoms with Gasteiger partial charge in [-0.3, -0.25) is 9.52 Å². The molecule has 0 saturated carbocycles. The third kappa shape index (κ3) is 5.27. The van der Waals surface area contributed by atoms with E-state index in [4.69, 9.17) is 27.9 Å². The second kappa shape index (κ2) is 9.63. The SMILES string of the molecule is CCC1Oc2ccc(NS(=O)(=O)c3cccc(Cl)c3)cc2CN(Cc2ccccc2Cl)C1=O. The third-order valence-corrected chi connectivity index (χ3v) is 7.31. The number of nitrogens with one attached hydrogen (secondary N) is 1. The summed E-state index contributed by atoms with van der Waals surface area (Å²) in [6.45, 7) is 2.45. The molecular weight excluding hydrogens is 483 g/mol. The number of ether oxygens (including phenoxy) is 1. The van der Waals surface area contributed by atoms with Crippen LogP contribution in [0.1, 0.15) is 24.5 Å². The average molecular weight is 505 g/mol. The first-order valence-electron chi connectivity index (χ1n) is 10.4. The summed E-state index contributed by atoms with van der Waals surface area (Å²) in [7, 11) is -3.84. The Morgan fingerprint density at radius 3 is 2.58 bits per heavy atom. The molecule has 1 N–H and O–H groups in total. The Bertz CT molecular complexity index is 1300. The Kier molecular flexibility index (Phi) is 6.83. The predicted molar refractivity (Wildman–Crippen MR) is 129 cm³/mol. The molecule has 4 rings (SSSR count). The Morgan fingerprint density at radius 2 is 1.85 bits per heavy atom. The first-order chi connectivity index (χ1) is 15.8. The smallest absolute Gasteiger partial charge is 0.264 e. The van der Waals surface area contributed by atoms with Crippen LogP contribution in [0.2, 0.25) is 10.0 Å². The van der Waals surface area contributed by atoms with Crippen LogP contribution >= 0.6 is 23.2 Å². The minimum Gasteiger partial charge on any atom is -0.480 e. The third-order valence-electron chi connectivity index (χ3n) is 5.33. The van der Waals surface area contributed by atoms with Crippen LogP contribution in [0.3, 0.4) is 0 Å². The number of hydrogen-bond acceptors (Lipinski definition) is 4. The van der Waals surface area contributed by atoms with Crippen molar-refractivity contribution in [3.8, 4) is 5.75 Å². The molecule has 0 aromatic heterocycles. The van der Waals surface area contributed by atoms with Crippen LogP contribution in [0.25, 0.3) is 0 Å². The zero-order valence-electron chi connectivity index (χ0n) is 17.8. The molecule has 3 aromatic carbocycles. The number of halogens is 2. The van der Waals surface area contributed by atoms with Gasteiger partial charge in [-0.1, -0.05) is 54.4 Å². The fraction of sp³-hybridized carbons (Fsp3) is 0.208. The molecule has 0 fully saturated rings. The molecule has 0 aliphatic carbocycles. The number of carbonyl (C=O) groups excluding carboxylic acids is 1. The number of hydrogen-bond donors (Lipinski definition) is 1. The van der Waals surface area contributed by atoms with E-state index in [0.717, 1.165) is 5.56 Å². The lowest BCUT2D eigenvalue weighted by molar-refractivity contribution is -0.139. The van der Waals surface area contributed by atoms with Crippen molar-refractivity contribution in [2.75, 3.05) is 4.72 Å². The maximum atomic E-state index is 13.1. The predicted octanol–water partition coefficient (Wildman–Crippen LogP) is 5.49. The maximum Gasteiger partial charge on any atom is 0.264 e. The molecule has 33 heavy (non-hydrogen) atoms. The number of anilines is 1. The standard InChI is InChI=1S/C24H22Cl2N2O4S/c1-2-22-24(29)28(14-16-6-3-4-9-21(16)26)15-17-12-19(10-11-23(17)32-22)27-33(30,31)20-8-5-7-18(25)13-20/h3-13,22,27H,2,14-15H2,1H3. The molecule has 1 amide bonds. The number of rotatable bonds is 6. The molecule has 6 nitrogen and oxygen atoms in total. The van der Waals surface area contributed by atoms with Crippen LogP contribution in [0, 0.1) is 0 Å². The molecule has 1 aliphatic rings. The van der Waals surface area contributed by atoms with Gasteiger partial charge in [0.2, 0.25) is 0 Å². The van der Waals surface area contributed by atoms with Crippen molar-refractivity contribution in [3.05, 3.63) is 87.9 Å². The van der Waals surface area contributed by atoms with Crippen LogP contribution < -0.4 is 9.46 Å². The van der Waals surface area contributed by atoms with Gasteiger partial charge in [0, 0.05) is 34.4 Å². The van der Waals surface area contributed by atoms with Crippen molar-refractivity contribution >= 4 is 44.8 Å². The summed E-state index contributed by atoms with van der Waals surface area (Å²) in [5, 5.41) is 0.902. The van der Waals surface area contributed by atoms with Gasteiger partial charge in [-0.2, -0.15) is 0 Å². The van der Waals surface area contributed by atoms with Crippen molar-refractivity contribution in [3.63, 3.8) is 0 Å². The maximum absolute atomic E-state index is 13.1. The van der Waals surface area contributed by atoms with Gasteiger partial charge >= 0.3 is 0 Å². The highest BCUT2D eigenvalue weighted by Crippen LogP contribution is 2.31. The van der Waals surface area contributed by atoms with Crippen LogP contribution in [0.5, 0.6) is 5.75 Å². The molecule has 172 valence electrons. The monoisotopic (exact) mass is 504 g/mol. The summed E-state index contributed by atoms with van der Waals surface area (Å²) >= 11 is 12.3. The number of fused-ring (bicyclic) bond motifs is 1. The number of nitrogens with zero attached hydrogens (tertiary/aromatic N) is 1. The lowest BCUT2D eigenvalue weighted by Crippen LogP contribution is -2.38. The van der Waals surface area contributed by atoms with E-state index in [1.165, 1.54) is 12.1 Å². The largest absolute Gasteiger partial charge is 0.480 e. The molecule has 9 heteroatoms. The van der Waals surface area contributed by atoms with E-state index < -0.39 is 16.1 Å². The molecule has 1 heterocycles. The van der Waals surface area contributed by atoms with E-state index in [0.29, 0.717) is 40.0 Å². The molecule has 0 saturated heterocycles. The van der Waals surface area contributed by atoms with Gasteiger partial charge in [-0.25, -0.2) is 8.42 Å². The van der Waals surface area contributed by atoms with E-state index in [2.05, 4.69) is 4.72 Å². The Morgan fingerprint density at radius 1 is 1.06 bits per heavy atom. The molecule has 3 aromatic rings. The van der Waals surface area contributed by atoms with Crippen LogP contribution in [0.15, 0.2) is 71.6 Å². The quantitative estimate of drug-likeness (QED) is 0.481. The molecule has 0 radical (unpaired) electrons. The number of amides is 1. The summed E-state index contributed by atoms with van der Waals surface area (Å²) in [4.78, 5) is 14.9. The molecular formula is C24H22Cl2N2O4S. The lowest BCUT2D eigenvalue weighted by atomic mass is 10.1. The summed E-state index contributed by atoms with van der Waals surface area (Å²) in [5.41, 5.74) is 1.87. The fourth-order valence-corrected chi connectivity index (χ4v) is 5.19. The Balaban J connectivity index is 1.64. The number of benzene rings is 3. The minimum atomic E-state index is -3.84. The second-order valence-electron chi connectivity index (χ2n) is 7.69. The van der Waals surface area contributed by atoms with Crippen molar-refractivity contribution in [1.29, 1.82) is 0 Å². The second-order valence-corrected chi connectivity index (χ2v) is 10.2. The van der Waals surface area contributed by atoms with E-state index in [1.54, 1.807) is 41.3 Å². The van der Waals surface area contributed by atoms with Gasteiger partial charge < -0.3 is 9.64 Å². The van der Waals surface area contributed by atoms with Crippen LogP contribution in [-0.2, 0) is 27.9 Å². The van der Waals surface area contributed by atoms with E-state index in [1.807, 2.05) is 25.1 Å². The number of carbonyl (C=O) groups is 1. The van der Waals surface area contributed by atoms with Crippen LogP contribution in [-0.4, -0.2) is 25.3 Å². The molecule has 1 unspecified atom stereocenters. The molecule has 0 bridgehead atoms. The molecule has 0 spiro atoms. The van der Waals surface area contributed by atoms with Gasteiger partial charge in [0.25, 0.3) is 15.9 Å². The Hall–Kier alpha value is -2.74.